The largest absolute Gasteiger partial charge is 0.384 e. The lowest BCUT2D eigenvalue weighted by atomic mass is 10.2. The topological polar surface area (TPSA) is 64.2 Å². The van der Waals surface area contributed by atoms with Gasteiger partial charge >= 0.3 is 5.69 Å². The van der Waals surface area contributed by atoms with Crippen LogP contribution in [0, 0.1) is 0 Å². The third-order valence-corrected chi connectivity index (χ3v) is 2.69. The van der Waals surface area contributed by atoms with Crippen molar-refractivity contribution in [1.82, 2.24) is 14.5 Å². The molecule has 0 atom stereocenters. The zero-order valence-electron chi connectivity index (χ0n) is 10.1. The molecule has 17 heavy (non-hydrogen) atoms. The lowest BCUT2D eigenvalue weighted by molar-refractivity contribution is 0.381. The second kappa shape index (κ2) is 4.55. The third-order valence-electron chi connectivity index (χ3n) is 2.69. The van der Waals surface area contributed by atoms with E-state index in [-0.39, 0.29) is 5.69 Å². The molecule has 0 aliphatic heterocycles. The number of likely N-dealkylation sites (N-methyl/N-ethyl adjacent to an activating group) is 1. The van der Waals surface area contributed by atoms with E-state index in [1.54, 1.807) is 6.07 Å². The SMILES string of the molecule is CN(C)CCn1c(N)c2ccccc2nc1=O. The van der Waals surface area contributed by atoms with Crippen LogP contribution in [0.5, 0.6) is 0 Å². The van der Waals surface area contributed by atoms with Gasteiger partial charge in [-0.05, 0) is 26.2 Å². The molecule has 1 heterocycles. The summed E-state index contributed by atoms with van der Waals surface area (Å²) in [7, 11) is 3.91. The van der Waals surface area contributed by atoms with Crippen LogP contribution in [-0.4, -0.2) is 35.1 Å². The highest BCUT2D eigenvalue weighted by Crippen LogP contribution is 2.16. The summed E-state index contributed by atoms with van der Waals surface area (Å²) in [6.07, 6.45) is 0. The van der Waals surface area contributed by atoms with Gasteiger partial charge in [-0.25, -0.2) is 4.79 Å². The van der Waals surface area contributed by atoms with E-state index in [9.17, 15) is 4.79 Å². The molecule has 0 saturated heterocycles. The van der Waals surface area contributed by atoms with Gasteiger partial charge in [0.1, 0.15) is 5.82 Å². The first-order chi connectivity index (χ1) is 8.09. The van der Waals surface area contributed by atoms with Crippen molar-refractivity contribution in [2.75, 3.05) is 26.4 Å². The normalized spacial score (nSPS) is 11.2. The van der Waals surface area contributed by atoms with Crippen molar-refractivity contribution in [3.05, 3.63) is 34.7 Å². The van der Waals surface area contributed by atoms with Crippen LogP contribution >= 0.6 is 0 Å². The second-order valence-corrected chi connectivity index (χ2v) is 4.25. The van der Waals surface area contributed by atoms with E-state index >= 15 is 0 Å². The number of nitrogen functional groups attached to an aromatic ring is 1. The fourth-order valence-electron chi connectivity index (χ4n) is 1.72. The van der Waals surface area contributed by atoms with Crippen molar-refractivity contribution < 1.29 is 0 Å². The van der Waals surface area contributed by atoms with Crippen LogP contribution in [0.4, 0.5) is 5.82 Å². The Morgan fingerprint density at radius 2 is 2.06 bits per heavy atom. The van der Waals surface area contributed by atoms with E-state index in [4.69, 9.17) is 5.73 Å². The average molecular weight is 232 g/mol. The molecule has 0 aliphatic rings. The lowest BCUT2D eigenvalue weighted by Crippen LogP contribution is -2.30. The maximum Gasteiger partial charge on any atom is 0.349 e. The molecule has 0 amide bonds. The van der Waals surface area contributed by atoms with E-state index in [0.29, 0.717) is 17.9 Å². The molecule has 2 aromatic rings. The summed E-state index contributed by atoms with van der Waals surface area (Å²) >= 11 is 0. The molecular weight excluding hydrogens is 216 g/mol. The van der Waals surface area contributed by atoms with Gasteiger partial charge < -0.3 is 10.6 Å². The average Bonchev–Trinajstić information content (AvgIpc) is 2.28. The molecule has 5 heteroatoms. The van der Waals surface area contributed by atoms with Gasteiger partial charge in [-0.15, -0.1) is 0 Å². The third kappa shape index (κ3) is 2.29. The Balaban J connectivity index is 2.52. The summed E-state index contributed by atoms with van der Waals surface area (Å²) < 4.78 is 1.52. The highest BCUT2D eigenvalue weighted by molar-refractivity contribution is 5.87. The summed E-state index contributed by atoms with van der Waals surface area (Å²) in [5.41, 5.74) is 6.37. The number of aromatic nitrogens is 2. The van der Waals surface area contributed by atoms with Crippen LogP contribution in [-0.2, 0) is 6.54 Å². The zero-order valence-corrected chi connectivity index (χ0v) is 10.1. The Hall–Kier alpha value is -1.88. The molecular formula is C12H16N4O. The maximum atomic E-state index is 11.8. The second-order valence-electron chi connectivity index (χ2n) is 4.25. The monoisotopic (exact) mass is 232 g/mol. The van der Waals surface area contributed by atoms with Crippen molar-refractivity contribution >= 4 is 16.7 Å². The van der Waals surface area contributed by atoms with E-state index in [2.05, 4.69) is 4.98 Å². The van der Waals surface area contributed by atoms with E-state index < -0.39 is 0 Å². The molecule has 0 aliphatic carbocycles. The van der Waals surface area contributed by atoms with Gasteiger partial charge in [0.05, 0.1) is 5.52 Å². The van der Waals surface area contributed by atoms with Gasteiger partial charge in [0.15, 0.2) is 0 Å². The molecule has 0 saturated carbocycles. The Labute approximate surface area is 99.5 Å². The number of nitrogens with zero attached hydrogens (tertiary/aromatic N) is 3. The van der Waals surface area contributed by atoms with Gasteiger partial charge in [-0.2, -0.15) is 4.98 Å². The first-order valence-corrected chi connectivity index (χ1v) is 5.49. The van der Waals surface area contributed by atoms with E-state index in [0.717, 1.165) is 11.9 Å². The van der Waals surface area contributed by atoms with E-state index in [1.807, 2.05) is 37.2 Å². The van der Waals surface area contributed by atoms with Crippen LogP contribution in [0.15, 0.2) is 29.1 Å². The highest BCUT2D eigenvalue weighted by atomic mass is 16.1. The minimum Gasteiger partial charge on any atom is -0.384 e. The maximum absolute atomic E-state index is 11.8. The van der Waals surface area contributed by atoms with Gasteiger partial charge in [-0.1, -0.05) is 12.1 Å². The molecule has 0 unspecified atom stereocenters. The molecule has 0 radical (unpaired) electrons. The molecule has 2 rings (SSSR count). The predicted molar refractivity (Wildman–Crippen MR) is 69.0 cm³/mol. The predicted octanol–water partition coefficient (Wildman–Crippen LogP) is 0.540. The first kappa shape index (κ1) is 11.6. The van der Waals surface area contributed by atoms with Crippen molar-refractivity contribution in [3.8, 4) is 0 Å². The van der Waals surface area contributed by atoms with Gasteiger partial charge in [0.25, 0.3) is 0 Å². The molecule has 90 valence electrons. The van der Waals surface area contributed by atoms with Crippen molar-refractivity contribution in [2.45, 2.75) is 6.54 Å². The number of hydrogen-bond donors (Lipinski definition) is 1. The van der Waals surface area contributed by atoms with Crippen LogP contribution in [0.3, 0.4) is 0 Å². The van der Waals surface area contributed by atoms with Crippen LogP contribution in [0.1, 0.15) is 0 Å². The quantitative estimate of drug-likeness (QED) is 0.839. The Morgan fingerprint density at radius 3 is 2.76 bits per heavy atom. The van der Waals surface area contributed by atoms with Crippen LogP contribution < -0.4 is 11.4 Å². The Kier molecular flexibility index (Phi) is 3.10. The smallest absolute Gasteiger partial charge is 0.349 e. The molecule has 2 N–H and O–H groups in total. The van der Waals surface area contributed by atoms with Gasteiger partial charge in [-0.3, -0.25) is 4.57 Å². The fourth-order valence-corrected chi connectivity index (χ4v) is 1.72. The number of fused-ring (bicyclic) bond motifs is 1. The zero-order chi connectivity index (χ0) is 12.4. The van der Waals surface area contributed by atoms with Gasteiger partial charge in [0.2, 0.25) is 0 Å². The molecule has 0 bridgehead atoms. The molecule has 1 aromatic carbocycles. The minimum absolute atomic E-state index is 0.289. The van der Waals surface area contributed by atoms with Crippen molar-refractivity contribution in [2.24, 2.45) is 0 Å². The summed E-state index contributed by atoms with van der Waals surface area (Å²) in [5, 5.41) is 0.825. The number of para-hydroxylation sites is 1. The molecule has 5 nitrogen and oxygen atoms in total. The molecule has 0 fully saturated rings. The van der Waals surface area contributed by atoms with Crippen molar-refractivity contribution in [1.29, 1.82) is 0 Å². The number of rotatable bonds is 3. The number of anilines is 1. The van der Waals surface area contributed by atoms with Crippen LogP contribution in [0.2, 0.25) is 0 Å². The number of benzene rings is 1. The highest BCUT2D eigenvalue weighted by Gasteiger charge is 2.07. The molecule has 0 spiro atoms. The molecule has 1 aromatic heterocycles. The minimum atomic E-state index is -0.289. The van der Waals surface area contributed by atoms with E-state index in [1.165, 1.54) is 4.57 Å². The van der Waals surface area contributed by atoms with Crippen LogP contribution in [0.25, 0.3) is 10.9 Å². The van der Waals surface area contributed by atoms with Crippen molar-refractivity contribution in [3.63, 3.8) is 0 Å². The summed E-state index contributed by atoms with van der Waals surface area (Å²) in [4.78, 5) is 17.8. The standard InChI is InChI=1S/C12H16N4O/c1-15(2)7-8-16-11(13)9-5-3-4-6-10(9)14-12(16)17/h3-6H,7-8,13H2,1-2H3. The summed E-state index contributed by atoms with van der Waals surface area (Å²) in [6, 6.07) is 7.41. The Morgan fingerprint density at radius 1 is 1.35 bits per heavy atom. The number of nitrogens with two attached hydrogens (primary N) is 1. The van der Waals surface area contributed by atoms with Gasteiger partial charge in [0, 0.05) is 18.5 Å². The summed E-state index contributed by atoms with van der Waals surface area (Å²) in [6.45, 7) is 1.31. The Bertz CT molecular complexity index is 589. The first-order valence-electron chi connectivity index (χ1n) is 5.49. The number of hydrogen-bond acceptors (Lipinski definition) is 4. The summed E-state index contributed by atoms with van der Waals surface area (Å²) in [5.74, 6) is 0.488. The fraction of sp³-hybridized carbons (Fsp3) is 0.333. The lowest BCUT2D eigenvalue weighted by Gasteiger charge is -2.14.